The number of hydrogen-bond acceptors (Lipinski definition) is 7. The Morgan fingerprint density at radius 1 is 0.794 bits per heavy atom. The molecule has 0 saturated heterocycles. The van der Waals surface area contributed by atoms with Crippen molar-refractivity contribution >= 4 is 34.1 Å². The standard InChI is InChI=1S/C24H26N8O2/c25-16-10-13(22(27)28)3-6-20(16)33-8-1-9-34-21-7-4-15(11-17(21)26)24-31-18-5-2-14(23(29)30)12-19(18)32-24/h2-7,10-12H,1,8-9,25-26H2,(H3,27,28)(H3,29,30)(H,31,32). The molecule has 10 heteroatoms. The number of nitrogens with two attached hydrogens (primary N) is 4. The molecule has 0 bridgehead atoms. The number of aromatic nitrogens is 2. The molecule has 0 spiro atoms. The van der Waals surface area contributed by atoms with E-state index in [4.69, 9.17) is 43.2 Å². The van der Waals surface area contributed by atoms with Crippen LogP contribution in [0.5, 0.6) is 11.5 Å². The van der Waals surface area contributed by atoms with Crippen molar-refractivity contribution < 1.29 is 9.47 Å². The average molecular weight is 459 g/mol. The van der Waals surface area contributed by atoms with Crippen LogP contribution in [0, 0.1) is 10.8 Å². The fraction of sp³-hybridized carbons (Fsp3) is 0.125. The van der Waals surface area contributed by atoms with E-state index >= 15 is 0 Å². The van der Waals surface area contributed by atoms with Crippen LogP contribution in [0.15, 0.2) is 54.6 Å². The molecule has 1 aromatic heterocycles. The first-order valence-corrected chi connectivity index (χ1v) is 10.6. The maximum atomic E-state index is 7.58. The van der Waals surface area contributed by atoms with Crippen molar-refractivity contribution in [3.8, 4) is 22.9 Å². The summed E-state index contributed by atoms with van der Waals surface area (Å²) in [6.07, 6.45) is 0.622. The number of nitrogens with zero attached hydrogens (tertiary/aromatic N) is 1. The second-order valence-electron chi connectivity index (χ2n) is 7.70. The minimum atomic E-state index is -0.0438. The second-order valence-corrected chi connectivity index (χ2v) is 7.70. The molecule has 1 heterocycles. The van der Waals surface area contributed by atoms with Crippen LogP contribution >= 0.6 is 0 Å². The topological polar surface area (TPSA) is 199 Å². The summed E-state index contributed by atoms with van der Waals surface area (Å²) in [6, 6.07) is 15.9. The monoisotopic (exact) mass is 458 g/mol. The second kappa shape index (κ2) is 9.41. The third-order valence-corrected chi connectivity index (χ3v) is 5.20. The summed E-state index contributed by atoms with van der Waals surface area (Å²) >= 11 is 0. The number of aromatic amines is 1. The molecule has 0 aliphatic carbocycles. The van der Waals surface area contributed by atoms with Crippen LogP contribution in [0.1, 0.15) is 17.5 Å². The SMILES string of the molecule is N=C(N)c1ccc(OCCCOc2ccc(-c3nc4ccc(C(=N)N)cc4[nH]3)cc2N)c(N)c1. The molecule has 3 aromatic carbocycles. The number of fused-ring (bicyclic) bond motifs is 1. The van der Waals surface area contributed by atoms with Gasteiger partial charge in [0, 0.05) is 23.1 Å². The number of H-pyrrole nitrogens is 1. The van der Waals surface area contributed by atoms with E-state index in [0.717, 1.165) is 16.6 Å². The number of amidine groups is 2. The first-order chi connectivity index (χ1) is 16.3. The van der Waals surface area contributed by atoms with E-state index in [9.17, 15) is 0 Å². The molecule has 0 radical (unpaired) electrons. The average Bonchev–Trinajstić information content (AvgIpc) is 3.24. The molecular weight excluding hydrogens is 432 g/mol. The van der Waals surface area contributed by atoms with Gasteiger partial charge in [-0.15, -0.1) is 0 Å². The lowest BCUT2D eigenvalue weighted by atomic mass is 10.2. The molecule has 0 saturated carbocycles. The summed E-state index contributed by atoms with van der Waals surface area (Å²) in [6.45, 7) is 0.816. The summed E-state index contributed by atoms with van der Waals surface area (Å²) < 4.78 is 11.5. The van der Waals surface area contributed by atoms with E-state index in [1.54, 1.807) is 42.5 Å². The predicted octanol–water partition coefficient (Wildman–Crippen LogP) is 2.81. The fourth-order valence-electron chi connectivity index (χ4n) is 3.41. The molecule has 4 rings (SSSR count). The number of nitrogens with one attached hydrogen (secondary N) is 3. The van der Waals surface area contributed by atoms with E-state index in [0.29, 0.717) is 59.5 Å². The quantitative estimate of drug-likeness (QED) is 0.0865. The van der Waals surface area contributed by atoms with Gasteiger partial charge in [-0.05, 0) is 54.6 Å². The Labute approximate surface area is 195 Å². The van der Waals surface area contributed by atoms with Gasteiger partial charge in [0.15, 0.2) is 0 Å². The molecule has 174 valence electrons. The van der Waals surface area contributed by atoms with Gasteiger partial charge in [-0.25, -0.2) is 4.98 Å². The molecule has 11 N–H and O–H groups in total. The van der Waals surface area contributed by atoms with Crippen LogP contribution < -0.4 is 32.4 Å². The molecule has 10 nitrogen and oxygen atoms in total. The normalized spacial score (nSPS) is 10.8. The van der Waals surface area contributed by atoms with Crippen molar-refractivity contribution in [3.63, 3.8) is 0 Å². The van der Waals surface area contributed by atoms with Gasteiger partial charge in [-0.1, -0.05) is 0 Å². The number of imidazole rings is 1. The third-order valence-electron chi connectivity index (χ3n) is 5.20. The van der Waals surface area contributed by atoms with Crippen molar-refractivity contribution in [2.24, 2.45) is 11.5 Å². The summed E-state index contributed by atoms with van der Waals surface area (Å²) in [5.41, 5.74) is 27.6. The van der Waals surface area contributed by atoms with Gasteiger partial charge in [-0.3, -0.25) is 10.8 Å². The predicted molar refractivity (Wildman–Crippen MR) is 134 cm³/mol. The van der Waals surface area contributed by atoms with Crippen molar-refractivity contribution in [1.82, 2.24) is 9.97 Å². The van der Waals surface area contributed by atoms with Gasteiger partial charge in [0.05, 0.1) is 35.6 Å². The van der Waals surface area contributed by atoms with Gasteiger partial charge in [-0.2, -0.15) is 0 Å². The van der Waals surface area contributed by atoms with Crippen LogP contribution in [0.25, 0.3) is 22.4 Å². The number of anilines is 2. The molecule has 0 fully saturated rings. The van der Waals surface area contributed by atoms with Gasteiger partial charge < -0.3 is 37.4 Å². The first-order valence-electron chi connectivity index (χ1n) is 10.6. The van der Waals surface area contributed by atoms with Crippen LogP contribution in [-0.4, -0.2) is 34.9 Å². The zero-order valence-corrected chi connectivity index (χ0v) is 18.4. The number of rotatable bonds is 9. The van der Waals surface area contributed by atoms with E-state index < -0.39 is 0 Å². The zero-order chi connectivity index (χ0) is 24.2. The molecule has 4 aromatic rings. The van der Waals surface area contributed by atoms with Crippen molar-refractivity contribution in [2.75, 3.05) is 24.7 Å². The van der Waals surface area contributed by atoms with Crippen LogP contribution in [0.4, 0.5) is 11.4 Å². The number of nitrogen functional groups attached to an aromatic ring is 4. The van der Waals surface area contributed by atoms with Gasteiger partial charge in [0.1, 0.15) is 29.0 Å². The highest BCUT2D eigenvalue weighted by Gasteiger charge is 2.10. The Kier molecular flexibility index (Phi) is 6.22. The Morgan fingerprint density at radius 3 is 2.00 bits per heavy atom. The van der Waals surface area contributed by atoms with E-state index in [-0.39, 0.29) is 11.7 Å². The lowest BCUT2D eigenvalue weighted by molar-refractivity contribution is 0.249. The van der Waals surface area contributed by atoms with Crippen molar-refractivity contribution in [1.29, 1.82) is 10.8 Å². The van der Waals surface area contributed by atoms with E-state index in [1.165, 1.54) is 0 Å². The van der Waals surface area contributed by atoms with Crippen molar-refractivity contribution in [2.45, 2.75) is 6.42 Å². The molecular formula is C24H26N8O2. The maximum absolute atomic E-state index is 7.58. The summed E-state index contributed by atoms with van der Waals surface area (Å²) in [5, 5.41) is 15.0. The summed E-state index contributed by atoms with van der Waals surface area (Å²) in [5.74, 6) is 1.73. The lowest BCUT2D eigenvalue weighted by Crippen LogP contribution is -2.12. The molecule has 0 unspecified atom stereocenters. The van der Waals surface area contributed by atoms with E-state index in [1.807, 2.05) is 12.1 Å². The number of hydrogen-bond donors (Lipinski definition) is 7. The summed E-state index contributed by atoms with van der Waals surface area (Å²) in [4.78, 5) is 7.82. The molecule has 0 amide bonds. The number of ether oxygens (including phenoxy) is 2. The largest absolute Gasteiger partial charge is 0.491 e. The highest BCUT2D eigenvalue weighted by atomic mass is 16.5. The van der Waals surface area contributed by atoms with Gasteiger partial charge >= 0.3 is 0 Å². The van der Waals surface area contributed by atoms with Crippen molar-refractivity contribution in [3.05, 3.63) is 65.7 Å². The van der Waals surface area contributed by atoms with Gasteiger partial charge in [0.2, 0.25) is 0 Å². The number of benzene rings is 3. The Hall–Kier alpha value is -4.73. The smallest absolute Gasteiger partial charge is 0.142 e. The van der Waals surface area contributed by atoms with E-state index in [2.05, 4.69) is 9.97 Å². The zero-order valence-electron chi connectivity index (χ0n) is 18.4. The highest BCUT2D eigenvalue weighted by Crippen LogP contribution is 2.29. The molecule has 0 aliphatic rings. The third kappa shape index (κ3) is 4.85. The molecule has 34 heavy (non-hydrogen) atoms. The van der Waals surface area contributed by atoms with Gasteiger partial charge in [0.25, 0.3) is 0 Å². The minimum absolute atomic E-state index is 0.00329. The first kappa shape index (κ1) is 22.5. The highest BCUT2D eigenvalue weighted by molar-refractivity contribution is 5.98. The minimum Gasteiger partial charge on any atom is -0.491 e. The maximum Gasteiger partial charge on any atom is 0.142 e. The fourth-order valence-corrected chi connectivity index (χ4v) is 3.41. The van der Waals surface area contributed by atoms with Crippen LogP contribution in [-0.2, 0) is 0 Å². The van der Waals surface area contributed by atoms with Crippen LogP contribution in [0.3, 0.4) is 0 Å². The molecule has 0 aliphatic heterocycles. The summed E-state index contributed by atoms with van der Waals surface area (Å²) in [7, 11) is 0. The molecule has 0 atom stereocenters. The Balaban J connectivity index is 1.33. The van der Waals surface area contributed by atoms with Crippen LogP contribution in [0.2, 0.25) is 0 Å². The lowest BCUT2D eigenvalue weighted by Gasteiger charge is -2.12. The Morgan fingerprint density at radius 2 is 1.38 bits per heavy atom. The Bertz CT molecular complexity index is 1380.